The van der Waals surface area contributed by atoms with Gasteiger partial charge in [-0.15, -0.1) is 0 Å². The van der Waals surface area contributed by atoms with Crippen LogP contribution < -0.4 is 5.32 Å². The molecule has 1 aromatic rings. The van der Waals surface area contributed by atoms with Gasteiger partial charge in [0, 0.05) is 19.2 Å². The molecule has 0 heterocycles. The van der Waals surface area contributed by atoms with Crippen molar-refractivity contribution in [2.24, 2.45) is 0 Å². The first kappa shape index (κ1) is 16.1. The van der Waals surface area contributed by atoms with Crippen molar-refractivity contribution in [2.45, 2.75) is 26.7 Å². The number of amides is 2. The van der Waals surface area contributed by atoms with E-state index in [1.165, 1.54) is 4.90 Å². The van der Waals surface area contributed by atoms with Crippen molar-refractivity contribution < 1.29 is 18.4 Å². The van der Waals surface area contributed by atoms with Crippen LogP contribution in [0.3, 0.4) is 0 Å². The van der Waals surface area contributed by atoms with E-state index in [1.807, 2.05) is 13.8 Å². The van der Waals surface area contributed by atoms with Crippen LogP contribution in [0.4, 0.5) is 14.5 Å². The minimum absolute atomic E-state index is 0.210. The molecular weight excluding hydrogens is 266 g/mol. The molecule has 0 aliphatic carbocycles. The van der Waals surface area contributed by atoms with Gasteiger partial charge in [-0.25, -0.2) is 8.78 Å². The Bertz CT molecular complexity index is 486. The lowest BCUT2D eigenvalue weighted by Crippen LogP contribution is -2.40. The topological polar surface area (TPSA) is 49.4 Å². The van der Waals surface area contributed by atoms with Crippen LogP contribution in [0.1, 0.15) is 26.7 Å². The fourth-order valence-electron chi connectivity index (χ4n) is 1.76. The van der Waals surface area contributed by atoms with E-state index >= 15 is 0 Å². The van der Waals surface area contributed by atoms with E-state index in [4.69, 9.17) is 0 Å². The minimum Gasteiger partial charge on any atom is -0.334 e. The molecule has 0 saturated heterocycles. The molecule has 4 nitrogen and oxygen atoms in total. The molecule has 1 rings (SSSR count). The van der Waals surface area contributed by atoms with Crippen LogP contribution in [0, 0.1) is 11.6 Å². The first-order valence-corrected chi connectivity index (χ1v) is 6.54. The molecular formula is C14H18F2N2O2. The number of nitrogens with zero attached hydrogens (tertiary/aromatic N) is 1. The Kier molecular flexibility index (Phi) is 6.09. The zero-order chi connectivity index (χ0) is 15.1. The van der Waals surface area contributed by atoms with Crippen molar-refractivity contribution in [3.05, 3.63) is 29.8 Å². The highest BCUT2D eigenvalue weighted by molar-refractivity contribution is 6.39. The number of halogens is 2. The fraction of sp³-hybridized carbons (Fsp3) is 0.429. The second kappa shape index (κ2) is 7.57. The van der Waals surface area contributed by atoms with Gasteiger partial charge in [-0.1, -0.05) is 13.8 Å². The van der Waals surface area contributed by atoms with Gasteiger partial charge in [-0.3, -0.25) is 9.59 Å². The van der Waals surface area contributed by atoms with E-state index in [2.05, 4.69) is 5.32 Å². The Morgan fingerprint density at radius 3 is 2.25 bits per heavy atom. The summed E-state index contributed by atoms with van der Waals surface area (Å²) in [6.07, 6.45) is 1.45. The molecule has 0 aromatic heterocycles. The Morgan fingerprint density at radius 1 is 1.15 bits per heavy atom. The third kappa shape index (κ3) is 4.29. The first-order valence-electron chi connectivity index (χ1n) is 6.54. The summed E-state index contributed by atoms with van der Waals surface area (Å²) in [5.74, 6) is -3.29. The Hall–Kier alpha value is -1.98. The molecule has 6 heteroatoms. The zero-order valence-electron chi connectivity index (χ0n) is 11.6. The third-order valence-corrected chi connectivity index (χ3v) is 2.65. The summed E-state index contributed by atoms with van der Waals surface area (Å²) in [6, 6.07) is 2.74. The number of nitrogens with one attached hydrogen (secondary N) is 1. The summed E-state index contributed by atoms with van der Waals surface area (Å²) in [6.45, 7) is 4.72. The molecule has 0 bridgehead atoms. The number of carbonyl (C=O) groups is 2. The number of hydrogen-bond donors (Lipinski definition) is 1. The molecule has 110 valence electrons. The summed E-state index contributed by atoms with van der Waals surface area (Å²) < 4.78 is 26.1. The smallest absolute Gasteiger partial charge is 0.313 e. The second-order valence-electron chi connectivity index (χ2n) is 4.37. The van der Waals surface area contributed by atoms with E-state index < -0.39 is 23.4 Å². The highest BCUT2D eigenvalue weighted by Crippen LogP contribution is 2.15. The average Bonchev–Trinajstić information content (AvgIpc) is 2.40. The maximum Gasteiger partial charge on any atom is 0.313 e. The Balaban J connectivity index is 2.76. The summed E-state index contributed by atoms with van der Waals surface area (Å²) in [4.78, 5) is 25.1. The molecule has 0 aliphatic rings. The zero-order valence-corrected chi connectivity index (χ0v) is 11.6. The van der Waals surface area contributed by atoms with Gasteiger partial charge in [0.25, 0.3) is 0 Å². The molecule has 0 aliphatic heterocycles. The number of benzene rings is 1. The van der Waals surface area contributed by atoms with Crippen LogP contribution in [-0.4, -0.2) is 29.8 Å². The molecule has 1 N–H and O–H groups in total. The van der Waals surface area contributed by atoms with Crippen LogP contribution in [0.2, 0.25) is 0 Å². The lowest BCUT2D eigenvalue weighted by atomic mass is 10.3. The molecule has 0 unspecified atom stereocenters. The number of carbonyl (C=O) groups excluding carboxylic acids is 2. The van der Waals surface area contributed by atoms with Gasteiger partial charge in [0.15, 0.2) is 0 Å². The summed E-state index contributed by atoms with van der Waals surface area (Å²) in [7, 11) is 0. The number of anilines is 1. The van der Waals surface area contributed by atoms with E-state index in [0.29, 0.717) is 19.2 Å². The van der Waals surface area contributed by atoms with Crippen molar-refractivity contribution in [1.82, 2.24) is 4.90 Å². The van der Waals surface area contributed by atoms with E-state index in [0.717, 1.165) is 25.0 Å². The second-order valence-corrected chi connectivity index (χ2v) is 4.37. The molecule has 0 saturated carbocycles. The van der Waals surface area contributed by atoms with E-state index in [1.54, 1.807) is 0 Å². The average molecular weight is 284 g/mol. The monoisotopic (exact) mass is 284 g/mol. The van der Waals surface area contributed by atoms with Gasteiger partial charge in [0.05, 0.1) is 5.69 Å². The summed E-state index contributed by atoms with van der Waals surface area (Å²) in [5.41, 5.74) is -0.210. The lowest BCUT2D eigenvalue weighted by Gasteiger charge is -2.20. The van der Waals surface area contributed by atoms with Crippen molar-refractivity contribution in [3.8, 4) is 0 Å². The molecule has 1 aromatic carbocycles. The van der Waals surface area contributed by atoms with E-state index in [9.17, 15) is 18.4 Å². The summed E-state index contributed by atoms with van der Waals surface area (Å²) >= 11 is 0. The molecule has 2 amide bonds. The van der Waals surface area contributed by atoms with Crippen molar-refractivity contribution in [1.29, 1.82) is 0 Å². The standard InChI is InChI=1S/C14H18F2N2O2/c1-3-7-18(8-4-2)14(20)13(19)17-12-6-5-10(15)9-11(12)16/h5-6,9H,3-4,7-8H2,1-2H3,(H,17,19). The van der Waals surface area contributed by atoms with Crippen molar-refractivity contribution in [3.63, 3.8) is 0 Å². The molecule has 0 atom stereocenters. The van der Waals surface area contributed by atoms with Crippen LogP contribution in [0.5, 0.6) is 0 Å². The molecule has 20 heavy (non-hydrogen) atoms. The first-order chi connectivity index (χ1) is 9.49. The van der Waals surface area contributed by atoms with Crippen molar-refractivity contribution >= 4 is 17.5 Å². The van der Waals surface area contributed by atoms with E-state index in [-0.39, 0.29) is 5.69 Å². The highest BCUT2D eigenvalue weighted by Gasteiger charge is 2.21. The van der Waals surface area contributed by atoms with Crippen LogP contribution in [0.15, 0.2) is 18.2 Å². The van der Waals surface area contributed by atoms with Gasteiger partial charge in [0.2, 0.25) is 0 Å². The van der Waals surface area contributed by atoms with Gasteiger partial charge in [0.1, 0.15) is 11.6 Å². The lowest BCUT2D eigenvalue weighted by molar-refractivity contribution is -0.143. The molecule has 0 radical (unpaired) electrons. The maximum atomic E-state index is 13.4. The molecule has 0 spiro atoms. The van der Waals surface area contributed by atoms with Crippen LogP contribution >= 0.6 is 0 Å². The highest BCUT2D eigenvalue weighted by atomic mass is 19.1. The third-order valence-electron chi connectivity index (χ3n) is 2.65. The maximum absolute atomic E-state index is 13.4. The van der Waals surface area contributed by atoms with Gasteiger partial charge < -0.3 is 10.2 Å². The normalized spacial score (nSPS) is 10.2. The van der Waals surface area contributed by atoms with Gasteiger partial charge in [-0.05, 0) is 25.0 Å². The van der Waals surface area contributed by atoms with Crippen molar-refractivity contribution in [2.75, 3.05) is 18.4 Å². The number of hydrogen-bond acceptors (Lipinski definition) is 2. The van der Waals surface area contributed by atoms with Gasteiger partial charge in [-0.2, -0.15) is 0 Å². The van der Waals surface area contributed by atoms with Gasteiger partial charge >= 0.3 is 11.8 Å². The Labute approximate surface area is 116 Å². The van der Waals surface area contributed by atoms with Crippen LogP contribution in [0.25, 0.3) is 0 Å². The predicted octanol–water partition coefficient (Wildman–Crippen LogP) is 2.55. The molecule has 0 fully saturated rings. The fourth-order valence-corrected chi connectivity index (χ4v) is 1.76. The predicted molar refractivity (Wildman–Crippen MR) is 72.1 cm³/mol. The quantitative estimate of drug-likeness (QED) is 0.845. The number of rotatable bonds is 5. The minimum atomic E-state index is -0.919. The SMILES string of the molecule is CCCN(CCC)C(=O)C(=O)Nc1ccc(F)cc1F. The Morgan fingerprint density at radius 2 is 1.75 bits per heavy atom. The summed E-state index contributed by atoms with van der Waals surface area (Å²) in [5, 5.41) is 2.16. The van der Waals surface area contributed by atoms with Crippen LogP contribution in [-0.2, 0) is 9.59 Å². The largest absolute Gasteiger partial charge is 0.334 e.